The molecule has 11 heteroatoms. The molecule has 1 fully saturated rings. The van der Waals surface area contributed by atoms with E-state index >= 15 is 0 Å². The van der Waals surface area contributed by atoms with E-state index in [1.807, 2.05) is 37.3 Å². The van der Waals surface area contributed by atoms with Crippen LogP contribution in [0.1, 0.15) is 33.5 Å². The molecule has 2 aromatic heterocycles. The number of nitrogens with zero attached hydrogens (tertiary/aromatic N) is 7. The van der Waals surface area contributed by atoms with Crippen molar-refractivity contribution in [2.24, 2.45) is 0 Å². The van der Waals surface area contributed by atoms with Gasteiger partial charge in [0.1, 0.15) is 11.4 Å². The Kier molecular flexibility index (Phi) is 7.31. The lowest BCUT2D eigenvalue weighted by atomic mass is 10.1. The maximum atomic E-state index is 13.1. The summed E-state index contributed by atoms with van der Waals surface area (Å²) >= 11 is 0. The van der Waals surface area contributed by atoms with Crippen LogP contribution in [0, 0.1) is 0 Å². The van der Waals surface area contributed by atoms with Gasteiger partial charge in [0.15, 0.2) is 5.69 Å². The van der Waals surface area contributed by atoms with Gasteiger partial charge in [-0.3, -0.25) is 19.2 Å². The predicted molar refractivity (Wildman–Crippen MR) is 138 cm³/mol. The number of fused-ring (bicyclic) bond motifs is 1. The zero-order chi connectivity index (χ0) is 25.8. The second kappa shape index (κ2) is 11.0. The van der Waals surface area contributed by atoms with Gasteiger partial charge in [0.25, 0.3) is 11.8 Å². The van der Waals surface area contributed by atoms with E-state index in [0.29, 0.717) is 25.3 Å². The normalized spacial score (nSPS) is 16.9. The predicted octanol–water partition coefficient (Wildman–Crippen LogP) is 1.28. The highest BCUT2D eigenvalue weighted by Crippen LogP contribution is 2.19. The van der Waals surface area contributed by atoms with Gasteiger partial charge in [-0.05, 0) is 30.7 Å². The highest BCUT2D eigenvalue weighted by atomic mass is 16.5. The molecule has 5 rings (SSSR count). The molecule has 11 nitrogen and oxygen atoms in total. The number of methoxy groups -OCH3 is 1. The number of hydrogen-bond donors (Lipinski definition) is 1. The smallest absolute Gasteiger partial charge is 0.272 e. The van der Waals surface area contributed by atoms with E-state index in [2.05, 4.69) is 30.2 Å². The van der Waals surface area contributed by atoms with Crippen LogP contribution >= 0.6 is 0 Å². The van der Waals surface area contributed by atoms with Gasteiger partial charge in [0.2, 0.25) is 5.95 Å². The minimum absolute atomic E-state index is 0.0620. The summed E-state index contributed by atoms with van der Waals surface area (Å²) in [5.41, 5.74) is 1.73. The first-order valence-electron chi connectivity index (χ1n) is 12.6. The topological polar surface area (TPSA) is 109 Å². The monoisotopic (exact) mass is 504 g/mol. The van der Waals surface area contributed by atoms with Crippen molar-refractivity contribution in [3.63, 3.8) is 0 Å². The molecule has 2 amide bonds. The third kappa shape index (κ3) is 5.72. The molecule has 0 radical (unpaired) electrons. The van der Waals surface area contributed by atoms with Gasteiger partial charge in [-0.1, -0.05) is 12.1 Å². The van der Waals surface area contributed by atoms with E-state index in [1.165, 1.54) is 0 Å². The van der Waals surface area contributed by atoms with Gasteiger partial charge in [-0.2, -0.15) is 5.10 Å². The standard InChI is InChI=1S/C26H32N8O3/c1-19(17-31-10-12-32(13-11-31)26-27-8-3-9-28-26)29-24(35)22-16-23-25(36)33(14-15-34(23)30-22)18-20-4-6-21(37-2)7-5-20/h3-9,16,19H,10-15,17-18H2,1-2H3,(H,29,35). The van der Waals surface area contributed by atoms with Crippen LogP contribution in [0.3, 0.4) is 0 Å². The van der Waals surface area contributed by atoms with Gasteiger partial charge in [0, 0.05) is 70.3 Å². The van der Waals surface area contributed by atoms with Gasteiger partial charge < -0.3 is 19.9 Å². The molecule has 4 heterocycles. The van der Waals surface area contributed by atoms with Crippen LogP contribution in [0.25, 0.3) is 0 Å². The largest absolute Gasteiger partial charge is 0.497 e. The van der Waals surface area contributed by atoms with E-state index in [0.717, 1.165) is 50.0 Å². The molecule has 1 saturated heterocycles. The first-order chi connectivity index (χ1) is 18.0. The number of carbonyl (C=O) groups excluding carboxylic acids is 2. The Hall–Kier alpha value is -3.99. The van der Waals surface area contributed by atoms with Crippen molar-refractivity contribution in [3.05, 3.63) is 65.7 Å². The summed E-state index contributed by atoms with van der Waals surface area (Å²) in [5.74, 6) is 1.15. The maximum absolute atomic E-state index is 13.1. The van der Waals surface area contributed by atoms with Gasteiger partial charge in [0.05, 0.1) is 13.7 Å². The minimum Gasteiger partial charge on any atom is -0.497 e. The highest BCUT2D eigenvalue weighted by Gasteiger charge is 2.28. The van der Waals surface area contributed by atoms with Crippen molar-refractivity contribution in [3.8, 4) is 5.75 Å². The Morgan fingerprint density at radius 3 is 2.49 bits per heavy atom. The molecule has 37 heavy (non-hydrogen) atoms. The van der Waals surface area contributed by atoms with Crippen molar-refractivity contribution in [2.75, 3.05) is 51.3 Å². The molecule has 1 atom stereocenters. The molecule has 0 saturated carbocycles. The molecule has 194 valence electrons. The molecule has 1 aromatic carbocycles. The fourth-order valence-corrected chi connectivity index (χ4v) is 4.77. The quantitative estimate of drug-likeness (QED) is 0.489. The molecule has 2 aliphatic heterocycles. The summed E-state index contributed by atoms with van der Waals surface area (Å²) < 4.78 is 6.84. The third-order valence-corrected chi connectivity index (χ3v) is 6.75. The Morgan fingerprint density at radius 1 is 1.05 bits per heavy atom. The first-order valence-corrected chi connectivity index (χ1v) is 12.6. The third-order valence-electron chi connectivity index (χ3n) is 6.75. The number of anilines is 1. The zero-order valence-electron chi connectivity index (χ0n) is 21.2. The van der Waals surface area contributed by atoms with E-state index in [9.17, 15) is 9.59 Å². The number of benzene rings is 1. The van der Waals surface area contributed by atoms with Crippen LogP contribution in [0.4, 0.5) is 5.95 Å². The first kappa shape index (κ1) is 24.7. The van der Waals surface area contributed by atoms with Crippen molar-refractivity contribution < 1.29 is 14.3 Å². The lowest BCUT2D eigenvalue weighted by Crippen LogP contribution is -2.51. The van der Waals surface area contributed by atoms with Crippen LogP contribution < -0.4 is 15.0 Å². The molecule has 0 aliphatic carbocycles. The number of nitrogens with one attached hydrogen (secondary N) is 1. The molecule has 3 aromatic rings. The average Bonchev–Trinajstić information content (AvgIpc) is 3.37. The Morgan fingerprint density at radius 2 is 1.78 bits per heavy atom. The summed E-state index contributed by atoms with van der Waals surface area (Å²) in [4.78, 5) is 40.9. The van der Waals surface area contributed by atoms with Crippen LogP contribution in [0.5, 0.6) is 5.75 Å². The SMILES string of the molecule is COc1ccc(CN2CCn3nc(C(=O)NC(C)CN4CCN(c5ncccn5)CC4)cc3C2=O)cc1. The average molecular weight is 505 g/mol. The van der Waals surface area contributed by atoms with Crippen LogP contribution in [0.15, 0.2) is 48.8 Å². The number of piperazine rings is 1. The van der Waals surface area contributed by atoms with Crippen LogP contribution in [0.2, 0.25) is 0 Å². The van der Waals surface area contributed by atoms with Gasteiger partial charge in [-0.25, -0.2) is 9.97 Å². The minimum atomic E-state index is -0.264. The zero-order valence-corrected chi connectivity index (χ0v) is 21.2. The van der Waals surface area contributed by atoms with Gasteiger partial charge >= 0.3 is 0 Å². The summed E-state index contributed by atoms with van der Waals surface area (Å²) in [6.45, 7) is 7.73. The molecule has 1 unspecified atom stereocenters. The summed E-state index contributed by atoms with van der Waals surface area (Å²) in [5, 5.41) is 7.46. The molecule has 0 bridgehead atoms. The second-order valence-corrected chi connectivity index (χ2v) is 9.42. The van der Waals surface area contributed by atoms with Crippen LogP contribution in [-0.4, -0.2) is 93.8 Å². The summed E-state index contributed by atoms with van der Waals surface area (Å²) in [6, 6.07) is 11.0. The number of carbonyl (C=O) groups is 2. The molecule has 0 spiro atoms. The lowest BCUT2D eigenvalue weighted by molar-refractivity contribution is 0.0683. The van der Waals surface area contributed by atoms with E-state index < -0.39 is 0 Å². The molecular weight excluding hydrogens is 472 g/mol. The Balaban J connectivity index is 1.13. The number of aromatic nitrogens is 4. The fraction of sp³-hybridized carbons (Fsp3) is 0.423. The number of amides is 2. The van der Waals surface area contributed by atoms with E-state index in [-0.39, 0.29) is 23.6 Å². The van der Waals surface area contributed by atoms with Gasteiger partial charge in [-0.15, -0.1) is 0 Å². The summed E-state index contributed by atoms with van der Waals surface area (Å²) in [7, 11) is 1.63. The molecule has 2 aliphatic rings. The lowest BCUT2D eigenvalue weighted by Gasteiger charge is -2.35. The van der Waals surface area contributed by atoms with Crippen molar-refractivity contribution in [2.45, 2.75) is 26.1 Å². The van der Waals surface area contributed by atoms with Crippen molar-refractivity contribution in [1.29, 1.82) is 0 Å². The Labute approximate surface area is 216 Å². The number of hydrogen-bond acceptors (Lipinski definition) is 8. The van der Waals surface area contributed by atoms with Crippen molar-refractivity contribution >= 4 is 17.8 Å². The van der Waals surface area contributed by atoms with E-state index in [4.69, 9.17) is 4.74 Å². The molecule has 1 N–H and O–H groups in total. The Bertz CT molecular complexity index is 1220. The maximum Gasteiger partial charge on any atom is 0.272 e. The highest BCUT2D eigenvalue weighted by molar-refractivity contribution is 5.98. The van der Waals surface area contributed by atoms with E-state index in [1.54, 1.807) is 35.2 Å². The fourth-order valence-electron chi connectivity index (χ4n) is 4.77. The summed E-state index contributed by atoms with van der Waals surface area (Å²) in [6.07, 6.45) is 3.51. The van der Waals surface area contributed by atoms with Crippen molar-refractivity contribution in [1.82, 2.24) is 34.9 Å². The van der Waals surface area contributed by atoms with Crippen LogP contribution in [-0.2, 0) is 13.1 Å². The second-order valence-electron chi connectivity index (χ2n) is 9.42. The number of rotatable bonds is 8. The number of ether oxygens (including phenoxy) is 1. The molecular formula is C26H32N8O3.